The summed E-state index contributed by atoms with van der Waals surface area (Å²) in [5.41, 5.74) is 2.42. The Bertz CT molecular complexity index is 430. The molecule has 1 aromatic carbocycles. The number of hydrogen-bond donors (Lipinski definition) is 1. The van der Waals surface area contributed by atoms with Gasteiger partial charge in [-0.2, -0.15) is 0 Å². The smallest absolute Gasteiger partial charge is 0.241 e. The quantitative estimate of drug-likeness (QED) is 0.876. The highest BCUT2D eigenvalue weighted by atomic mass is 16.2. The van der Waals surface area contributed by atoms with Crippen LogP contribution in [0.3, 0.4) is 0 Å². The van der Waals surface area contributed by atoms with Crippen molar-refractivity contribution in [1.82, 2.24) is 15.1 Å². The molecule has 4 nitrogen and oxygen atoms in total. The summed E-state index contributed by atoms with van der Waals surface area (Å²) in [6.07, 6.45) is 0. The number of piperazine rings is 1. The molecule has 1 atom stereocenters. The van der Waals surface area contributed by atoms with Crippen molar-refractivity contribution < 1.29 is 4.79 Å². The van der Waals surface area contributed by atoms with E-state index >= 15 is 0 Å². The first kappa shape index (κ1) is 14.0. The molecule has 1 amide bonds. The number of likely N-dealkylation sites (N-methyl/N-ethyl adjacent to an activating group) is 2. The summed E-state index contributed by atoms with van der Waals surface area (Å²) in [6.45, 7) is 5.37. The Kier molecular flexibility index (Phi) is 4.56. The monoisotopic (exact) mass is 261 g/mol. The zero-order valence-electron chi connectivity index (χ0n) is 12.0. The van der Waals surface area contributed by atoms with E-state index in [1.165, 1.54) is 11.1 Å². The third-order valence-electron chi connectivity index (χ3n) is 3.71. The molecule has 1 fully saturated rings. The van der Waals surface area contributed by atoms with Gasteiger partial charge in [-0.15, -0.1) is 0 Å². The fourth-order valence-electron chi connectivity index (χ4n) is 2.38. The van der Waals surface area contributed by atoms with Crippen LogP contribution in [0.5, 0.6) is 0 Å². The largest absolute Gasteiger partial charge is 0.340 e. The van der Waals surface area contributed by atoms with Crippen molar-refractivity contribution >= 4 is 5.91 Å². The number of carbonyl (C=O) groups excluding carboxylic acids is 1. The molecule has 1 unspecified atom stereocenters. The van der Waals surface area contributed by atoms with Gasteiger partial charge in [-0.25, -0.2) is 0 Å². The SMILES string of the molecule is Cc1ccc(CN(C)C(=O)C2CNCCN2C)cc1. The number of rotatable bonds is 3. The topological polar surface area (TPSA) is 35.6 Å². The molecule has 1 saturated heterocycles. The molecule has 1 aliphatic rings. The van der Waals surface area contributed by atoms with Crippen molar-refractivity contribution in [3.05, 3.63) is 35.4 Å². The van der Waals surface area contributed by atoms with Crippen molar-refractivity contribution in [1.29, 1.82) is 0 Å². The van der Waals surface area contributed by atoms with E-state index in [0.717, 1.165) is 19.6 Å². The molecular formula is C15H23N3O. The minimum absolute atomic E-state index is 0.0378. The van der Waals surface area contributed by atoms with Gasteiger partial charge in [0.2, 0.25) is 5.91 Å². The summed E-state index contributed by atoms with van der Waals surface area (Å²) in [7, 11) is 3.90. The summed E-state index contributed by atoms with van der Waals surface area (Å²) in [6, 6.07) is 8.30. The van der Waals surface area contributed by atoms with Crippen LogP contribution in [-0.2, 0) is 11.3 Å². The molecule has 0 radical (unpaired) electrons. The molecule has 1 heterocycles. The van der Waals surface area contributed by atoms with Crippen LogP contribution >= 0.6 is 0 Å². The Morgan fingerprint density at radius 2 is 2.11 bits per heavy atom. The maximum absolute atomic E-state index is 12.4. The average Bonchev–Trinajstić information content (AvgIpc) is 2.41. The number of aryl methyl sites for hydroxylation is 1. The normalized spacial score (nSPS) is 20.3. The second-order valence-electron chi connectivity index (χ2n) is 5.38. The highest BCUT2D eigenvalue weighted by Gasteiger charge is 2.27. The second-order valence-corrected chi connectivity index (χ2v) is 5.38. The summed E-state index contributed by atoms with van der Waals surface area (Å²) >= 11 is 0. The van der Waals surface area contributed by atoms with Crippen LogP contribution in [0.15, 0.2) is 24.3 Å². The van der Waals surface area contributed by atoms with Gasteiger partial charge in [0.1, 0.15) is 6.04 Å². The van der Waals surface area contributed by atoms with Gasteiger partial charge in [0.05, 0.1) is 0 Å². The molecule has 1 N–H and O–H groups in total. The fourth-order valence-corrected chi connectivity index (χ4v) is 2.38. The molecule has 0 bridgehead atoms. The number of nitrogens with zero attached hydrogens (tertiary/aromatic N) is 2. The lowest BCUT2D eigenvalue weighted by atomic mass is 10.1. The molecule has 1 aromatic rings. The lowest BCUT2D eigenvalue weighted by molar-refractivity contribution is -0.136. The van der Waals surface area contributed by atoms with E-state index in [-0.39, 0.29) is 11.9 Å². The Labute approximate surface area is 115 Å². The zero-order valence-corrected chi connectivity index (χ0v) is 12.0. The standard InChI is InChI=1S/C15H23N3O/c1-12-4-6-13(7-5-12)11-18(3)15(19)14-10-16-8-9-17(14)2/h4-7,14,16H,8-11H2,1-3H3. The number of hydrogen-bond acceptors (Lipinski definition) is 3. The molecule has 0 aromatic heterocycles. The molecule has 19 heavy (non-hydrogen) atoms. The Morgan fingerprint density at radius 3 is 2.74 bits per heavy atom. The lowest BCUT2D eigenvalue weighted by Gasteiger charge is -2.34. The van der Waals surface area contributed by atoms with Crippen LogP contribution in [0.25, 0.3) is 0 Å². The van der Waals surface area contributed by atoms with E-state index in [0.29, 0.717) is 6.54 Å². The van der Waals surface area contributed by atoms with Crippen molar-refractivity contribution in [2.24, 2.45) is 0 Å². The maximum atomic E-state index is 12.4. The minimum Gasteiger partial charge on any atom is -0.340 e. The molecule has 4 heteroatoms. The summed E-state index contributed by atoms with van der Waals surface area (Å²) < 4.78 is 0. The first-order valence-corrected chi connectivity index (χ1v) is 6.79. The van der Waals surface area contributed by atoms with Gasteiger partial charge >= 0.3 is 0 Å². The number of benzene rings is 1. The first-order chi connectivity index (χ1) is 9.08. The predicted molar refractivity (Wildman–Crippen MR) is 76.9 cm³/mol. The van der Waals surface area contributed by atoms with Crippen molar-refractivity contribution in [2.75, 3.05) is 33.7 Å². The van der Waals surface area contributed by atoms with E-state index in [9.17, 15) is 4.79 Å². The van der Waals surface area contributed by atoms with E-state index in [2.05, 4.69) is 41.4 Å². The molecule has 0 saturated carbocycles. The summed E-state index contributed by atoms with van der Waals surface area (Å²) in [5, 5.41) is 3.28. The first-order valence-electron chi connectivity index (χ1n) is 6.79. The zero-order chi connectivity index (χ0) is 13.8. The van der Waals surface area contributed by atoms with Crippen molar-refractivity contribution in [3.8, 4) is 0 Å². The van der Waals surface area contributed by atoms with Gasteiger partial charge in [0, 0.05) is 33.2 Å². The molecule has 0 aliphatic carbocycles. The second kappa shape index (κ2) is 6.17. The van der Waals surface area contributed by atoms with Gasteiger partial charge in [-0.1, -0.05) is 29.8 Å². The van der Waals surface area contributed by atoms with Crippen LogP contribution < -0.4 is 5.32 Å². The van der Waals surface area contributed by atoms with Crippen LogP contribution in [-0.4, -0.2) is 55.5 Å². The Hall–Kier alpha value is -1.39. The number of amides is 1. The van der Waals surface area contributed by atoms with E-state index < -0.39 is 0 Å². The molecule has 2 rings (SSSR count). The van der Waals surface area contributed by atoms with Crippen LogP contribution in [0.1, 0.15) is 11.1 Å². The van der Waals surface area contributed by atoms with Gasteiger partial charge in [-0.3, -0.25) is 9.69 Å². The Balaban J connectivity index is 1.96. The molecule has 0 spiro atoms. The number of carbonyl (C=O) groups is 1. The molecule has 104 valence electrons. The van der Waals surface area contributed by atoms with Gasteiger partial charge < -0.3 is 10.2 Å². The van der Waals surface area contributed by atoms with Gasteiger partial charge in [-0.05, 0) is 19.5 Å². The lowest BCUT2D eigenvalue weighted by Crippen LogP contribution is -2.56. The maximum Gasteiger partial charge on any atom is 0.241 e. The highest BCUT2D eigenvalue weighted by molar-refractivity contribution is 5.82. The van der Waals surface area contributed by atoms with Gasteiger partial charge in [0.15, 0.2) is 0 Å². The predicted octanol–water partition coefficient (Wildman–Crippen LogP) is 0.857. The molecule has 1 aliphatic heterocycles. The highest BCUT2D eigenvalue weighted by Crippen LogP contribution is 2.09. The third-order valence-corrected chi connectivity index (χ3v) is 3.71. The van der Waals surface area contributed by atoms with Crippen molar-refractivity contribution in [2.45, 2.75) is 19.5 Å². The van der Waals surface area contributed by atoms with Crippen LogP contribution in [0, 0.1) is 6.92 Å². The van der Waals surface area contributed by atoms with Gasteiger partial charge in [0.25, 0.3) is 0 Å². The average molecular weight is 261 g/mol. The third kappa shape index (κ3) is 3.55. The number of nitrogens with one attached hydrogen (secondary N) is 1. The minimum atomic E-state index is -0.0378. The van der Waals surface area contributed by atoms with Crippen LogP contribution in [0.4, 0.5) is 0 Å². The van der Waals surface area contributed by atoms with E-state index in [1.807, 2.05) is 19.0 Å². The van der Waals surface area contributed by atoms with Crippen LogP contribution in [0.2, 0.25) is 0 Å². The summed E-state index contributed by atoms with van der Waals surface area (Å²) in [5.74, 6) is 0.190. The van der Waals surface area contributed by atoms with E-state index in [4.69, 9.17) is 0 Å². The van der Waals surface area contributed by atoms with E-state index in [1.54, 1.807) is 0 Å². The van der Waals surface area contributed by atoms with Crippen molar-refractivity contribution in [3.63, 3.8) is 0 Å². The summed E-state index contributed by atoms with van der Waals surface area (Å²) in [4.78, 5) is 16.4. The fraction of sp³-hybridized carbons (Fsp3) is 0.533. The Morgan fingerprint density at radius 1 is 1.42 bits per heavy atom. The molecular weight excluding hydrogens is 238 g/mol.